The smallest absolute Gasteiger partial charge is 0.337 e. The number of hydrogen-bond donors (Lipinski definition) is 1. The van der Waals surface area contributed by atoms with Crippen LogP contribution in [0.3, 0.4) is 0 Å². The molecule has 7 heteroatoms. The van der Waals surface area contributed by atoms with E-state index < -0.39 is 5.97 Å². The van der Waals surface area contributed by atoms with Gasteiger partial charge in [-0.2, -0.15) is 0 Å². The molecular formula is C22H22ClN3O3. The van der Waals surface area contributed by atoms with Crippen LogP contribution in [0, 0.1) is 0 Å². The molecule has 1 unspecified atom stereocenters. The average Bonchev–Trinajstić information content (AvgIpc) is 3.15. The first-order valence-electron chi connectivity index (χ1n) is 9.64. The number of rotatable bonds is 5. The molecule has 150 valence electrons. The van der Waals surface area contributed by atoms with E-state index in [4.69, 9.17) is 16.3 Å². The van der Waals surface area contributed by atoms with Crippen molar-refractivity contribution in [2.45, 2.75) is 31.8 Å². The zero-order valence-corrected chi connectivity index (χ0v) is 16.9. The summed E-state index contributed by atoms with van der Waals surface area (Å²) in [5.74, 6) is 0.144. The molecule has 0 aliphatic carbocycles. The van der Waals surface area contributed by atoms with Crippen molar-refractivity contribution in [3.8, 4) is 0 Å². The van der Waals surface area contributed by atoms with E-state index in [2.05, 4.69) is 20.9 Å². The van der Waals surface area contributed by atoms with Crippen molar-refractivity contribution in [2.75, 3.05) is 13.7 Å². The summed E-state index contributed by atoms with van der Waals surface area (Å²) in [5.41, 5.74) is 1.80. The number of methoxy groups -OCH3 is 1. The largest absolute Gasteiger partial charge is 0.465 e. The van der Waals surface area contributed by atoms with E-state index in [1.54, 1.807) is 18.2 Å². The van der Waals surface area contributed by atoms with Crippen LogP contribution in [-0.4, -0.2) is 40.5 Å². The first-order chi connectivity index (χ1) is 14.0. The van der Waals surface area contributed by atoms with E-state index in [0.717, 1.165) is 36.4 Å². The molecule has 1 aromatic heterocycles. The van der Waals surface area contributed by atoms with E-state index >= 15 is 0 Å². The maximum atomic E-state index is 12.5. The molecule has 1 aliphatic heterocycles. The Kier molecular flexibility index (Phi) is 5.65. The highest BCUT2D eigenvalue weighted by Crippen LogP contribution is 2.26. The van der Waals surface area contributed by atoms with Crippen LogP contribution >= 0.6 is 11.6 Å². The topological polar surface area (TPSA) is 75.3 Å². The predicted molar refractivity (Wildman–Crippen MR) is 112 cm³/mol. The maximum Gasteiger partial charge on any atom is 0.337 e. The van der Waals surface area contributed by atoms with Crippen LogP contribution in [0.2, 0.25) is 5.02 Å². The Morgan fingerprint density at radius 3 is 2.93 bits per heavy atom. The quantitative estimate of drug-likeness (QED) is 0.649. The molecule has 1 fully saturated rings. The second-order valence-electron chi connectivity index (χ2n) is 7.30. The van der Waals surface area contributed by atoms with E-state index in [1.165, 1.54) is 7.11 Å². The summed E-state index contributed by atoms with van der Waals surface area (Å²) in [6.07, 6.45) is 3.04. The van der Waals surface area contributed by atoms with Crippen molar-refractivity contribution in [3.63, 3.8) is 0 Å². The van der Waals surface area contributed by atoms with Gasteiger partial charge in [-0.1, -0.05) is 29.8 Å². The van der Waals surface area contributed by atoms with Crippen molar-refractivity contribution in [2.24, 2.45) is 0 Å². The molecule has 3 aromatic rings. The van der Waals surface area contributed by atoms with Crippen molar-refractivity contribution in [1.82, 2.24) is 14.9 Å². The molecule has 4 rings (SSSR count). The number of H-pyrrole nitrogens is 1. The third-order valence-corrected chi connectivity index (χ3v) is 5.81. The number of carbonyl (C=O) groups excluding carboxylic acids is 1. The SMILES string of the molecule is COC(=O)c1ccc2c(=O)[nH]c(CN3CCCC3Cc3ccccc3Cl)nc2c1. The van der Waals surface area contributed by atoms with Crippen molar-refractivity contribution >= 4 is 28.5 Å². The van der Waals surface area contributed by atoms with Crippen LogP contribution < -0.4 is 5.56 Å². The lowest BCUT2D eigenvalue weighted by atomic mass is 10.0. The van der Waals surface area contributed by atoms with E-state index in [-0.39, 0.29) is 5.56 Å². The highest BCUT2D eigenvalue weighted by molar-refractivity contribution is 6.31. The van der Waals surface area contributed by atoms with Gasteiger partial charge >= 0.3 is 5.97 Å². The minimum Gasteiger partial charge on any atom is -0.465 e. The number of benzene rings is 2. The summed E-state index contributed by atoms with van der Waals surface area (Å²) in [7, 11) is 1.33. The lowest BCUT2D eigenvalue weighted by molar-refractivity contribution is 0.0601. The number of fused-ring (bicyclic) bond motifs is 1. The van der Waals surface area contributed by atoms with E-state index in [9.17, 15) is 9.59 Å². The summed E-state index contributed by atoms with van der Waals surface area (Å²) >= 11 is 6.33. The lowest BCUT2D eigenvalue weighted by Gasteiger charge is -2.24. The second kappa shape index (κ2) is 8.35. The molecule has 0 amide bonds. The van der Waals surface area contributed by atoms with Crippen LogP contribution in [0.25, 0.3) is 10.9 Å². The molecule has 29 heavy (non-hydrogen) atoms. The number of aromatic nitrogens is 2. The number of nitrogens with zero attached hydrogens (tertiary/aromatic N) is 2. The molecule has 0 spiro atoms. The van der Waals surface area contributed by atoms with Gasteiger partial charge in [0.05, 0.1) is 30.1 Å². The van der Waals surface area contributed by atoms with Crippen LogP contribution in [0.15, 0.2) is 47.3 Å². The standard InChI is InChI=1S/C22H22ClN3O3/c1-29-22(28)15-8-9-17-19(12-15)24-20(25-21(17)27)13-26-10-4-6-16(26)11-14-5-2-3-7-18(14)23/h2-3,5,7-9,12,16H,4,6,10-11,13H2,1H3,(H,24,25,27). The highest BCUT2D eigenvalue weighted by Gasteiger charge is 2.26. The molecule has 1 N–H and O–H groups in total. The molecule has 6 nitrogen and oxygen atoms in total. The zero-order chi connectivity index (χ0) is 20.4. The Hall–Kier alpha value is -2.70. The summed E-state index contributed by atoms with van der Waals surface area (Å²) in [6.45, 7) is 1.49. The fourth-order valence-electron chi connectivity index (χ4n) is 3.95. The average molecular weight is 412 g/mol. The lowest BCUT2D eigenvalue weighted by Crippen LogP contribution is -2.32. The Balaban J connectivity index is 1.58. The molecule has 2 heterocycles. The van der Waals surface area contributed by atoms with Gasteiger partial charge in [-0.05, 0) is 55.6 Å². The van der Waals surface area contributed by atoms with Gasteiger partial charge in [0.15, 0.2) is 0 Å². The number of halogens is 1. The number of hydrogen-bond acceptors (Lipinski definition) is 5. The molecule has 0 radical (unpaired) electrons. The molecular weight excluding hydrogens is 390 g/mol. The summed E-state index contributed by atoms with van der Waals surface area (Å²) in [6, 6.07) is 13.0. The fourth-order valence-corrected chi connectivity index (χ4v) is 4.17. The van der Waals surface area contributed by atoms with Gasteiger partial charge in [0.2, 0.25) is 0 Å². The van der Waals surface area contributed by atoms with Crippen LogP contribution in [0.5, 0.6) is 0 Å². The Bertz CT molecular complexity index is 1110. The highest BCUT2D eigenvalue weighted by atomic mass is 35.5. The number of ether oxygens (including phenoxy) is 1. The Morgan fingerprint density at radius 2 is 2.14 bits per heavy atom. The molecule has 0 saturated carbocycles. The van der Waals surface area contributed by atoms with Crippen LogP contribution in [-0.2, 0) is 17.7 Å². The van der Waals surface area contributed by atoms with E-state index in [0.29, 0.717) is 34.9 Å². The van der Waals surface area contributed by atoms with Crippen molar-refractivity contribution < 1.29 is 9.53 Å². The van der Waals surface area contributed by atoms with Crippen LogP contribution in [0.4, 0.5) is 0 Å². The van der Waals surface area contributed by atoms with Gasteiger partial charge < -0.3 is 9.72 Å². The van der Waals surface area contributed by atoms with Gasteiger partial charge in [0.1, 0.15) is 5.82 Å². The monoisotopic (exact) mass is 411 g/mol. The Morgan fingerprint density at radius 1 is 1.31 bits per heavy atom. The number of aromatic amines is 1. The minimum absolute atomic E-state index is 0.205. The summed E-state index contributed by atoms with van der Waals surface area (Å²) in [4.78, 5) is 34.1. The predicted octanol–water partition coefficient (Wildman–Crippen LogP) is 3.57. The molecule has 1 saturated heterocycles. The van der Waals surface area contributed by atoms with Gasteiger partial charge in [0.25, 0.3) is 5.56 Å². The molecule has 2 aromatic carbocycles. The molecule has 1 atom stereocenters. The Labute approximate surface area is 173 Å². The van der Waals surface area contributed by atoms with Gasteiger partial charge in [-0.25, -0.2) is 9.78 Å². The first kappa shape index (κ1) is 19.6. The third kappa shape index (κ3) is 4.18. The van der Waals surface area contributed by atoms with Crippen molar-refractivity contribution in [3.05, 3.63) is 74.8 Å². The fraction of sp³-hybridized carbons (Fsp3) is 0.318. The zero-order valence-electron chi connectivity index (χ0n) is 16.2. The maximum absolute atomic E-state index is 12.5. The number of carbonyl (C=O) groups is 1. The minimum atomic E-state index is -0.449. The molecule has 0 bridgehead atoms. The number of nitrogens with one attached hydrogen (secondary N) is 1. The van der Waals surface area contributed by atoms with Gasteiger partial charge in [-0.15, -0.1) is 0 Å². The summed E-state index contributed by atoms with van der Waals surface area (Å²) in [5, 5.41) is 1.24. The number of esters is 1. The van der Waals surface area contributed by atoms with Gasteiger partial charge in [-0.3, -0.25) is 9.69 Å². The van der Waals surface area contributed by atoms with Crippen molar-refractivity contribution in [1.29, 1.82) is 0 Å². The van der Waals surface area contributed by atoms with Crippen LogP contribution in [0.1, 0.15) is 34.6 Å². The third-order valence-electron chi connectivity index (χ3n) is 5.44. The van der Waals surface area contributed by atoms with E-state index in [1.807, 2.05) is 18.2 Å². The first-order valence-corrected chi connectivity index (χ1v) is 10.0. The molecule has 1 aliphatic rings. The summed E-state index contributed by atoms with van der Waals surface area (Å²) < 4.78 is 4.76. The van der Waals surface area contributed by atoms with Gasteiger partial charge in [0, 0.05) is 11.1 Å². The second-order valence-corrected chi connectivity index (χ2v) is 7.71. The normalized spacial score (nSPS) is 17.0. The number of likely N-dealkylation sites (tertiary alicyclic amines) is 1.